The predicted molar refractivity (Wildman–Crippen MR) is 43.4 cm³/mol. The minimum absolute atomic E-state index is 0.111. The average Bonchev–Trinajstić information content (AvgIpc) is 2.52. The first kappa shape index (κ1) is 9.25. The number of hydrogen-bond donors (Lipinski definition) is 2. The molecule has 1 aromatic rings. The van der Waals surface area contributed by atoms with E-state index in [1.165, 1.54) is 0 Å². The molecule has 1 aromatic heterocycles. The lowest BCUT2D eigenvalue weighted by Gasteiger charge is -2.02. The van der Waals surface area contributed by atoms with Gasteiger partial charge < -0.3 is 20.0 Å². The molecule has 1 heterocycles. The van der Waals surface area contributed by atoms with Gasteiger partial charge in [-0.1, -0.05) is 0 Å². The minimum atomic E-state index is -0.435. The summed E-state index contributed by atoms with van der Waals surface area (Å²) in [5, 5.41) is 8.71. The van der Waals surface area contributed by atoms with Crippen molar-refractivity contribution in [2.24, 2.45) is 5.73 Å². The highest BCUT2D eigenvalue weighted by atomic mass is 16.5. The van der Waals surface area contributed by atoms with E-state index in [9.17, 15) is 0 Å². The molecule has 1 unspecified atom stereocenters. The highest BCUT2D eigenvalue weighted by Gasteiger charge is 2.08. The number of aliphatic hydroxyl groups excluding tert-OH is 1. The molecule has 0 amide bonds. The van der Waals surface area contributed by atoms with Crippen LogP contribution in [0.3, 0.4) is 0 Å². The van der Waals surface area contributed by atoms with Gasteiger partial charge in [-0.3, -0.25) is 0 Å². The van der Waals surface area contributed by atoms with E-state index in [-0.39, 0.29) is 6.61 Å². The summed E-state index contributed by atoms with van der Waals surface area (Å²) in [5.41, 5.74) is 5.52. The molecule has 0 aliphatic carbocycles. The maximum absolute atomic E-state index is 8.71. The third-order valence-electron chi connectivity index (χ3n) is 1.53. The Morgan fingerprint density at radius 1 is 1.67 bits per heavy atom. The SMILES string of the molecule is COCc1ccc(C(N)CO)o1. The summed E-state index contributed by atoms with van der Waals surface area (Å²) < 4.78 is 10.1. The van der Waals surface area contributed by atoms with E-state index >= 15 is 0 Å². The largest absolute Gasteiger partial charge is 0.462 e. The molecule has 0 aromatic carbocycles. The molecule has 0 aliphatic heterocycles. The quantitative estimate of drug-likeness (QED) is 0.688. The van der Waals surface area contributed by atoms with Gasteiger partial charge >= 0.3 is 0 Å². The second-order valence-electron chi connectivity index (χ2n) is 2.53. The third kappa shape index (κ3) is 2.07. The summed E-state index contributed by atoms with van der Waals surface area (Å²) in [6.45, 7) is 0.318. The van der Waals surface area contributed by atoms with Crippen molar-refractivity contribution in [2.75, 3.05) is 13.7 Å². The predicted octanol–water partition coefficient (Wildman–Crippen LogP) is 0.418. The molecule has 0 saturated heterocycles. The van der Waals surface area contributed by atoms with E-state index in [1.54, 1.807) is 19.2 Å². The molecule has 12 heavy (non-hydrogen) atoms. The lowest BCUT2D eigenvalue weighted by atomic mass is 10.2. The molecule has 3 N–H and O–H groups in total. The van der Waals surface area contributed by atoms with Gasteiger partial charge in [0, 0.05) is 7.11 Å². The Balaban J connectivity index is 2.63. The minimum Gasteiger partial charge on any atom is -0.462 e. The van der Waals surface area contributed by atoms with Crippen molar-refractivity contribution in [3.63, 3.8) is 0 Å². The first-order chi connectivity index (χ1) is 5.77. The molecular formula is C8H13NO3. The second kappa shape index (κ2) is 4.25. The monoisotopic (exact) mass is 171 g/mol. The number of rotatable bonds is 4. The molecule has 0 spiro atoms. The van der Waals surface area contributed by atoms with E-state index in [4.69, 9.17) is 20.0 Å². The fourth-order valence-electron chi connectivity index (χ4n) is 0.904. The van der Waals surface area contributed by atoms with Gasteiger partial charge in [-0.05, 0) is 12.1 Å². The van der Waals surface area contributed by atoms with E-state index in [0.717, 1.165) is 5.76 Å². The Morgan fingerprint density at radius 3 is 3.00 bits per heavy atom. The van der Waals surface area contributed by atoms with E-state index in [0.29, 0.717) is 12.4 Å². The van der Waals surface area contributed by atoms with Gasteiger partial charge in [0.2, 0.25) is 0 Å². The number of methoxy groups -OCH3 is 1. The van der Waals surface area contributed by atoms with Gasteiger partial charge in [0.1, 0.15) is 18.1 Å². The Hall–Kier alpha value is -0.840. The molecule has 0 aliphatic rings. The zero-order valence-electron chi connectivity index (χ0n) is 6.99. The summed E-state index contributed by atoms with van der Waals surface area (Å²) in [6, 6.07) is 3.10. The molecule has 1 atom stereocenters. The first-order valence-electron chi connectivity index (χ1n) is 3.72. The summed E-state index contributed by atoms with van der Waals surface area (Å²) in [6.07, 6.45) is 0. The fraction of sp³-hybridized carbons (Fsp3) is 0.500. The van der Waals surface area contributed by atoms with Gasteiger partial charge in [0.05, 0.1) is 12.6 Å². The zero-order chi connectivity index (χ0) is 8.97. The van der Waals surface area contributed by atoms with E-state index in [1.807, 2.05) is 0 Å². The Bertz CT molecular complexity index is 234. The van der Waals surface area contributed by atoms with Crippen LogP contribution in [0.25, 0.3) is 0 Å². The van der Waals surface area contributed by atoms with Gasteiger partial charge in [-0.15, -0.1) is 0 Å². The lowest BCUT2D eigenvalue weighted by Crippen LogP contribution is -2.13. The number of hydrogen-bond acceptors (Lipinski definition) is 4. The van der Waals surface area contributed by atoms with Crippen molar-refractivity contribution in [1.29, 1.82) is 0 Å². The van der Waals surface area contributed by atoms with Crippen molar-refractivity contribution in [1.82, 2.24) is 0 Å². The van der Waals surface area contributed by atoms with E-state index < -0.39 is 6.04 Å². The maximum atomic E-state index is 8.71. The van der Waals surface area contributed by atoms with Crippen LogP contribution >= 0.6 is 0 Å². The van der Waals surface area contributed by atoms with Crippen molar-refractivity contribution >= 4 is 0 Å². The van der Waals surface area contributed by atoms with Crippen LogP contribution in [0.1, 0.15) is 17.6 Å². The molecule has 4 heteroatoms. The van der Waals surface area contributed by atoms with Crippen molar-refractivity contribution < 1.29 is 14.3 Å². The van der Waals surface area contributed by atoms with Crippen LogP contribution in [-0.4, -0.2) is 18.8 Å². The summed E-state index contributed by atoms with van der Waals surface area (Å²) in [4.78, 5) is 0. The summed E-state index contributed by atoms with van der Waals surface area (Å²) >= 11 is 0. The molecule has 0 saturated carbocycles. The first-order valence-corrected chi connectivity index (χ1v) is 3.72. The highest BCUT2D eigenvalue weighted by molar-refractivity contribution is 5.09. The van der Waals surface area contributed by atoms with Crippen LogP contribution < -0.4 is 5.73 Å². The smallest absolute Gasteiger partial charge is 0.129 e. The van der Waals surface area contributed by atoms with Crippen LogP contribution in [0.4, 0.5) is 0 Å². The van der Waals surface area contributed by atoms with Crippen molar-refractivity contribution in [3.8, 4) is 0 Å². The van der Waals surface area contributed by atoms with Crippen LogP contribution in [0, 0.1) is 0 Å². The molecule has 0 fully saturated rings. The van der Waals surface area contributed by atoms with Crippen molar-refractivity contribution in [2.45, 2.75) is 12.6 Å². The van der Waals surface area contributed by atoms with Gasteiger partial charge in [0.25, 0.3) is 0 Å². The summed E-state index contributed by atoms with van der Waals surface area (Å²) in [7, 11) is 1.59. The average molecular weight is 171 g/mol. The van der Waals surface area contributed by atoms with E-state index in [2.05, 4.69) is 0 Å². The molecular weight excluding hydrogens is 158 g/mol. The molecule has 1 rings (SSSR count). The van der Waals surface area contributed by atoms with Gasteiger partial charge in [-0.2, -0.15) is 0 Å². The lowest BCUT2D eigenvalue weighted by molar-refractivity contribution is 0.160. The van der Waals surface area contributed by atoms with Gasteiger partial charge in [0.15, 0.2) is 0 Å². The summed E-state index contributed by atoms with van der Waals surface area (Å²) in [5.74, 6) is 1.31. The molecule has 4 nitrogen and oxygen atoms in total. The highest BCUT2D eigenvalue weighted by Crippen LogP contribution is 2.14. The Kier molecular flexibility index (Phi) is 3.28. The Morgan fingerprint density at radius 2 is 2.42 bits per heavy atom. The number of furan rings is 1. The Labute approximate surface area is 70.9 Å². The molecule has 0 radical (unpaired) electrons. The normalized spacial score (nSPS) is 13.2. The standard InChI is InChI=1S/C8H13NO3/c1-11-5-6-2-3-8(12-6)7(9)4-10/h2-3,7,10H,4-5,9H2,1H3. The van der Waals surface area contributed by atoms with Crippen LogP contribution in [-0.2, 0) is 11.3 Å². The fourth-order valence-corrected chi connectivity index (χ4v) is 0.904. The number of ether oxygens (including phenoxy) is 1. The topological polar surface area (TPSA) is 68.6 Å². The second-order valence-corrected chi connectivity index (χ2v) is 2.53. The van der Waals surface area contributed by atoms with Crippen LogP contribution in [0.5, 0.6) is 0 Å². The maximum Gasteiger partial charge on any atom is 0.129 e. The molecule has 0 bridgehead atoms. The third-order valence-corrected chi connectivity index (χ3v) is 1.53. The van der Waals surface area contributed by atoms with Crippen molar-refractivity contribution in [3.05, 3.63) is 23.7 Å². The van der Waals surface area contributed by atoms with Gasteiger partial charge in [-0.25, -0.2) is 0 Å². The van der Waals surface area contributed by atoms with Crippen LogP contribution in [0.2, 0.25) is 0 Å². The number of aliphatic hydroxyl groups is 1. The zero-order valence-corrected chi connectivity index (χ0v) is 6.99. The van der Waals surface area contributed by atoms with Crippen LogP contribution in [0.15, 0.2) is 16.5 Å². The molecule has 68 valence electrons. The number of nitrogens with two attached hydrogens (primary N) is 1.